The fourth-order valence-corrected chi connectivity index (χ4v) is 1.29. The highest BCUT2D eigenvalue weighted by Gasteiger charge is 2.04. The number of aromatic nitrogens is 2. The molecule has 1 heterocycles. The molecule has 0 atom stereocenters. The molecule has 0 aliphatic carbocycles. The van der Waals surface area contributed by atoms with Crippen molar-refractivity contribution in [3.8, 4) is 0 Å². The van der Waals surface area contributed by atoms with Crippen LogP contribution in [0.15, 0.2) is 6.20 Å². The summed E-state index contributed by atoms with van der Waals surface area (Å²) in [6, 6.07) is 0. The lowest BCUT2D eigenvalue weighted by Crippen LogP contribution is -2.01. The summed E-state index contributed by atoms with van der Waals surface area (Å²) in [4.78, 5) is 18.9. The topological polar surface area (TPSA) is 42.9 Å². The van der Waals surface area contributed by atoms with Crippen LogP contribution in [0.3, 0.4) is 0 Å². The van der Waals surface area contributed by atoms with Gasteiger partial charge in [0.2, 0.25) is 0 Å². The van der Waals surface area contributed by atoms with Gasteiger partial charge in [-0.15, -0.1) is 0 Å². The average molecular weight is 262 g/mol. The Bertz CT molecular complexity index is 298. The number of Topliss-reactive ketones (excluding diaryl/α,β-unsaturated/α-hetero) is 1. The van der Waals surface area contributed by atoms with Crippen molar-refractivity contribution in [2.24, 2.45) is 0 Å². The summed E-state index contributed by atoms with van der Waals surface area (Å²) in [6.45, 7) is 3.32. The van der Waals surface area contributed by atoms with E-state index >= 15 is 0 Å². The highest BCUT2D eigenvalue weighted by Crippen LogP contribution is 2.05. The van der Waals surface area contributed by atoms with Crippen molar-refractivity contribution in [3.05, 3.63) is 21.3 Å². The van der Waals surface area contributed by atoms with Crippen molar-refractivity contribution in [3.63, 3.8) is 0 Å². The third kappa shape index (κ3) is 1.95. The second-order valence-corrected chi connectivity index (χ2v) is 3.16. The van der Waals surface area contributed by atoms with Gasteiger partial charge in [0, 0.05) is 28.8 Å². The number of rotatable bonds is 1. The minimum absolute atomic E-state index is 0.0129. The van der Waals surface area contributed by atoms with Gasteiger partial charge in [-0.1, -0.05) is 0 Å². The number of nitrogens with zero attached hydrogens (tertiary/aromatic N) is 2. The number of aryl methyl sites for hydroxylation is 1. The van der Waals surface area contributed by atoms with E-state index in [0.717, 1.165) is 5.69 Å². The fraction of sp³-hybridized carbons (Fsp3) is 0.286. The SMILES string of the molecule is CC(=O)c1cnc(I)nc1C. The molecule has 0 aromatic carbocycles. The van der Waals surface area contributed by atoms with Crippen LogP contribution in [0, 0.1) is 10.8 Å². The zero-order valence-corrected chi connectivity index (χ0v) is 8.42. The molecule has 1 aromatic rings. The van der Waals surface area contributed by atoms with Gasteiger partial charge in [-0.25, -0.2) is 9.97 Å². The quantitative estimate of drug-likeness (QED) is 0.438. The van der Waals surface area contributed by atoms with Crippen molar-refractivity contribution in [2.45, 2.75) is 13.8 Å². The average Bonchev–Trinajstić information content (AvgIpc) is 1.85. The van der Waals surface area contributed by atoms with E-state index in [2.05, 4.69) is 9.97 Å². The van der Waals surface area contributed by atoms with E-state index < -0.39 is 0 Å². The van der Waals surface area contributed by atoms with Gasteiger partial charge in [-0.2, -0.15) is 0 Å². The van der Waals surface area contributed by atoms with Gasteiger partial charge in [-0.3, -0.25) is 4.79 Å². The Kier molecular flexibility index (Phi) is 2.53. The van der Waals surface area contributed by atoms with E-state index in [9.17, 15) is 4.79 Å². The summed E-state index contributed by atoms with van der Waals surface area (Å²) in [5, 5.41) is 0. The van der Waals surface area contributed by atoms with E-state index in [1.165, 1.54) is 6.92 Å². The van der Waals surface area contributed by atoms with Crippen LogP contribution in [0.2, 0.25) is 0 Å². The number of carbonyl (C=O) groups excluding carboxylic acids is 1. The van der Waals surface area contributed by atoms with Crippen LogP contribution in [0.25, 0.3) is 0 Å². The summed E-state index contributed by atoms with van der Waals surface area (Å²) >= 11 is 2.01. The van der Waals surface area contributed by atoms with E-state index in [4.69, 9.17) is 0 Å². The van der Waals surface area contributed by atoms with Gasteiger partial charge in [0.15, 0.2) is 9.61 Å². The van der Waals surface area contributed by atoms with Gasteiger partial charge in [0.1, 0.15) is 0 Å². The van der Waals surface area contributed by atoms with Crippen molar-refractivity contribution < 1.29 is 4.79 Å². The highest BCUT2D eigenvalue weighted by atomic mass is 127. The zero-order valence-electron chi connectivity index (χ0n) is 6.26. The molecule has 0 aliphatic rings. The third-order valence-corrected chi connectivity index (χ3v) is 1.85. The molecule has 0 radical (unpaired) electrons. The fourth-order valence-electron chi connectivity index (χ4n) is 0.784. The van der Waals surface area contributed by atoms with Crippen molar-refractivity contribution in [2.75, 3.05) is 0 Å². The molecule has 0 saturated heterocycles. The molecule has 1 rings (SSSR count). The molecule has 58 valence electrons. The predicted octanol–water partition coefficient (Wildman–Crippen LogP) is 1.59. The molecule has 0 aliphatic heterocycles. The van der Waals surface area contributed by atoms with Gasteiger partial charge < -0.3 is 0 Å². The molecule has 0 unspecified atom stereocenters. The Morgan fingerprint density at radius 2 is 2.27 bits per heavy atom. The first kappa shape index (κ1) is 8.58. The van der Waals surface area contributed by atoms with E-state index in [0.29, 0.717) is 9.39 Å². The Morgan fingerprint density at radius 3 is 2.73 bits per heavy atom. The van der Waals surface area contributed by atoms with Crippen LogP contribution in [0.4, 0.5) is 0 Å². The molecule has 1 aromatic heterocycles. The lowest BCUT2D eigenvalue weighted by Gasteiger charge is -1.98. The number of carbonyl (C=O) groups is 1. The van der Waals surface area contributed by atoms with E-state index in [-0.39, 0.29) is 5.78 Å². The summed E-state index contributed by atoms with van der Waals surface area (Å²) in [5.74, 6) is 0.0129. The molecule has 4 heteroatoms. The number of ketones is 1. The molecule has 0 bridgehead atoms. The Balaban J connectivity index is 3.20. The van der Waals surface area contributed by atoms with Crippen LogP contribution in [0.1, 0.15) is 23.0 Å². The van der Waals surface area contributed by atoms with Gasteiger partial charge >= 0.3 is 0 Å². The summed E-state index contributed by atoms with van der Waals surface area (Å²) in [7, 11) is 0. The van der Waals surface area contributed by atoms with Crippen LogP contribution >= 0.6 is 22.6 Å². The van der Waals surface area contributed by atoms with Crippen LogP contribution in [-0.4, -0.2) is 15.8 Å². The number of hydrogen-bond acceptors (Lipinski definition) is 3. The van der Waals surface area contributed by atoms with Crippen molar-refractivity contribution in [1.29, 1.82) is 0 Å². The monoisotopic (exact) mass is 262 g/mol. The molecule has 0 spiro atoms. The Morgan fingerprint density at radius 1 is 1.64 bits per heavy atom. The maximum atomic E-state index is 10.9. The molecule has 0 saturated carbocycles. The Hall–Kier alpha value is -0.520. The second kappa shape index (κ2) is 3.25. The minimum atomic E-state index is 0.0129. The lowest BCUT2D eigenvalue weighted by atomic mass is 10.2. The molecule has 0 amide bonds. The molecular weight excluding hydrogens is 255 g/mol. The van der Waals surface area contributed by atoms with Crippen LogP contribution in [0.5, 0.6) is 0 Å². The van der Waals surface area contributed by atoms with E-state index in [1.54, 1.807) is 13.1 Å². The first-order valence-corrected chi connectivity index (χ1v) is 4.19. The number of hydrogen-bond donors (Lipinski definition) is 0. The number of halogens is 1. The molecule has 11 heavy (non-hydrogen) atoms. The molecule has 3 nitrogen and oxygen atoms in total. The normalized spacial score (nSPS) is 9.73. The maximum absolute atomic E-state index is 10.9. The standard InChI is InChI=1S/C7H7IN2O/c1-4-6(5(2)11)3-9-7(8)10-4/h3H,1-2H3. The predicted molar refractivity (Wildman–Crippen MR) is 49.5 cm³/mol. The third-order valence-electron chi connectivity index (χ3n) is 1.33. The summed E-state index contributed by atoms with van der Waals surface area (Å²) < 4.78 is 0.671. The summed E-state index contributed by atoms with van der Waals surface area (Å²) in [6.07, 6.45) is 1.56. The first-order valence-electron chi connectivity index (χ1n) is 3.11. The minimum Gasteiger partial charge on any atom is -0.294 e. The largest absolute Gasteiger partial charge is 0.294 e. The lowest BCUT2D eigenvalue weighted by molar-refractivity contribution is 0.101. The Labute approximate surface area is 78.4 Å². The van der Waals surface area contributed by atoms with Crippen LogP contribution in [-0.2, 0) is 0 Å². The van der Waals surface area contributed by atoms with Crippen molar-refractivity contribution in [1.82, 2.24) is 9.97 Å². The van der Waals surface area contributed by atoms with Gasteiger partial charge in [-0.05, 0) is 13.8 Å². The maximum Gasteiger partial charge on any atom is 0.190 e. The summed E-state index contributed by atoms with van der Waals surface area (Å²) in [5.41, 5.74) is 1.35. The molecule has 0 N–H and O–H groups in total. The van der Waals surface area contributed by atoms with Gasteiger partial charge in [0.25, 0.3) is 0 Å². The van der Waals surface area contributed by atoms with Crippen molar-refractivity contribution >= 4 is 28.4 Å². The zero-order chi connectivity index (χ0) is 8.43. The molecular formula is C7H7IN2O. The second-order valence-electron chi connectivity index (χ2n) is 2.19. The smallest absolute Gasteiger partial charge is 0.190 e. The molecule has 0 fully saturated rings. The highest BCUT2D eigenvalue weighted by molar-refractivity contribution is 14.1. The van der Waals surface area contributed by atoms with Gasteiger partial charge in [0.05, 0.1) is 11.3 Å². The first-order chi connectivity index (χ1) is 5.11. The van der Waals surface area contributed by atoms with Crippen LogP contribution < -0.4 is 0 Å². The van der Waals surface area contributed by atoms with E-state index in [1.807, 2.05) is 22.6 Å².